The number of rotatable bonds is 7. The number of halogens is 2. The number of esters is 1. The van der Waals surface area contributed by atoms with Gasteiger partial charge in [-0.15, -0.1) is 0 Å². The number of benzene rings is 2. The largest absolute Gasteiger partial charge is 0.494 e. The van der Waals surface area contributed by atoms with E-state index in [1.54, 1.807) is 12.1 Å². The molecule has 0 bridgehead atoms. The van der Waals surface area contributed by atoms with E-state index in [1.165, 1.54) is 31.4 Å². The van der Waals surface area contributed by atoms with E-state index >= 15 is 0 Å². The van der Waals surface area contributed by atoms with Crippen LogP contribution in [0, 0.1) is 11.6 Å². The zero-order valence-electron chi connectivity index (χ0n) is 13.6. The van der Waals surface area contributed by atoms with Gasteiger partial charge in [0.05, 0.1) is 12.7 Å². The summed E-state index contributed by atoms with van der Waals surface area (Å²) in [7, 11) is 1.31. The van der Waals surface area contributed by atoms with Gasteiger partial charge in [-0.25, -0.2) is 13.6 Å². The summed E-state index contributed by atoms with van der Waals surface area (Å²) in [6, 6.07) is 9.55. The molecule has 0 aliphatic carbocycles. The highest BCUT2D eigenvalue weighted by Crippen LogP contribution is 2.18. The lowest BCUT2D eigenvalue weighted by Gasteiger charge is -2.08. The molecule has 132 valence electrons. The quantitative estimate of drug-likeness (QED) is 0.780. The first kappa shape index (κ1) is 18.4. The molecule has 0 fully saturated rings. The molecule has 2 rings (SSSR count). The molecule has 5 nitrogen and oxygen atoms in total. The lowest BCUT2D eigenvalue weighted by Crippen LogP contribution is -2.30. The van der Waals surface area contributed by atoms with Crippen LogP contribution >= 0.6 is 0 Å². The fraction of sp³-hybridized carbons (Fsp3) is 0.222. The predicted octanol–water partition coefficient (Wildman–Crippen LogP) is 2.49. The zero-order valence-corrected chi connectivity index (χ0v) is 13.6. The second kappa shape index (κ2) is 8.77. The maximum absolute atomic E-state index is 13.5. The third-order valence-corrected chi connectivity index (χ3v) is 3.37. The number of carbonyl (C=O) groups is 2. The molecular weight excluding hydrogens is 332 g/mol. The van der Waals surface area contributed by atoms with Gasteiger partial charge in [0, 0.05) is 6.54 Å². The Hall–Kier alpha value is -2.96. The number of ether oxygens (including phenoxy) is 2. The van der Waals surface area contributed by atoms with E-state index in [1.807, 2.05) is 0 Å². The van der Waals surface area contributed by atoms with Crippen LogP contribution < -0.4 is 10.1 Å². The van der Waals surface area contributed by atoms with Gasteiger partial charge in [-0.3, -0.25) is 4.79 Å². The summed E-state index contributed by atoms with van der Waals surface area (Å²) in [6.45, 7) is -0.158. The van der Waals surface area contributed by atoms with Gasteiger partial charge in [0.15, 0.2) is 18.2 Å². The summed E-state index contributed by atoms with van der Waals surface area (Å²) in [5.74, 6) is -2.30. The van der Waals surface area contributed by atoms with Crippen LogP contribution in [0.15, 0.2) is 42.5 Å². The minimum absolute atomic E-state index is 0.00934. The highest BCUT2D eigenvalue weighted by atomic mass is 19.1. The molecular formula is C18H17F2NO4. The molecule has 0 spiro atoms. The van der Waals surface area contributed by atoms with Gasteiger partial charge in [0.1, 0.15) is 5.82 Å². The first-order chi connectivity index (χ1) is 12.0. The lowest BCUT2D eigenvalue weighted by molar-refractivity contribution is -0.124. The molecule has 1 amide bonds. The van der Waals surface area contributed by atoms with Crippen LogP contribution in [0.1, 0.15) is 15.9 Å². The van der Waals surface area contributed by atoms with Gasteiger partial charge >= 0.3 is 5.97 Å². The van der Waals surface area contributed by atoms with Crippen molar-refractivity contribution in [2.75, 3.05) is 20.3 Å². The van der Waals surface area contributed by atoms with Gasteiger partial charge in [-0.05, 0) is 42.3 Å². The van der Waals surface area contributed by atoms with E-state index in [0.717, 1.165) is 11.6 Å². The van der Waals surface area contributed by atoms with Crippen molar-refractivity contribution >= 4 is 11.9 Å². The van der Waals surface area contributed by atoms with Crippen molar-refractivity contribution in [1.29, 1.82) is 0 Å². The van der Waals surface area contributed by atoms with Crippen LogP contribution in [0.4, 0.5) is 8.78 Å². The minimum Gasteiger partial charge on any atom is -0.494 e. The highest BCUT2D eigenvalue weighted by molar-refractivity contribution is 5.91. The average molecular weight is 349 g/mol. The highest BCUT2D eigenvalue weighted by Gasteiger charge is 2.13. The Morgan fingerprint density at radius 1 is 1.08 bits per heavy atom. The summed E-state index contributed by atoms with van der Waals surface area (Å²) < 4.78 is 35.9. The summed E-state index contributed by atoms with van der Waals surface area (Å²) in [5.41, 5.74) is 0.852. The molecule has 0 saturated carbocycles. The Labute approximate surface area is 143 Å². The van der Waals surface area contributed by atoms with Gasteiger partial charge < -0.3 is 14.8 Å². The predicted molar refractivity (Wildman–Crippen MR) is 86.3 cm³/mol. The number of hydrogen-bond donors (Lipinski definition) is 1. The Kier molecular flexibility index (Phi) is 6.45. The van der Waals surface area contributed by atoms with Crippen molar-refractivity contribution < 1.29 is 27.8 Å². The lowest BCUT2D eigenvalue weighted by atomic mass is 10.1. The Balaban J connectivity index is 1.74. The monoisotopic (exact) mass is 349 g/mol. The third kappa shape index (κ3) is 5.56. The summed E-state index contributed by atoms with van der Waals surface area (Å²) in [6.07, 6.45) is 0.518. The minimum atomic E-state index is -0.810. The van der Waals surface area contributed by atoms with Crippen LogP contribution in [-0.4, -0.2) is 32.1 Å². The Morgan fingerprint density at radius 2 is 1.80 bits per heavy atom. The Morgan fingerprint density at radius 3 is 2.44 bits per heavy atom. The zero-order chi connectivity index (χ0) is 18.2. The van der Waals surface area contributed by atoms with E-state index < -0.39 is 24.3 Å². The number of nitrogens with one attached hydrogen (secondary N) is 1. The maximum atomic E-state index is 13.5. The second-order valence-corrected chi connectivity index (χ2v) is 5.15. The van der Waals surface area contributed by atoms with Crippen molar-refractivity contribution in [3.63, 3.8) is 0 Å². The molecule has 0 unspecified atom stereocenters. The van der Waals surface area contributed by atoms with Crippen LogP contribution in [-0.2, 0) is 16.0 Å². The molecule has 0 saturated heterocycles. The van der Waals surface area contributed by atoms with Gasteiger partial charge in [0.2, 0.25) is 0 Å². The fourth-order valence-electron chi connectivity index (χ4n) is 2.06. The molecule has 0 aromatic heterocycles. The Bertz CT molecular complexity index is 747. The van der Waals surface area contributed by atoms with E-state index in [9.17, 15) is 18.4 Å². The SMILES string of the molecule is COc1ccc(C(=O)OCC(=O)NCCc2ccc(F)cc2)cc1F. The van der Waals surface area contributed by atoms with Gasteiger partial charge in [-0.1, -0.05) is 12.1 Å². The molecule has 0 heterocycles. The van der Waals surface area contributed by atoms with Gasteiger partial charge in [-0.2, -0.15) is 0 Å². The van der Waals surface area contributed by atoms with Crippen LogP contribution in [0.2, 0.25) is 0 Å². The fourth-order valence-corrected chi connectivity index (χ4v) is 2.06. The maximum Gasteiger partial charge on any atom is 0.338 e. The van der Waals surface area contributed by atoms with E-state index in [2.05, 4.69) is 5.32 Å². The van der Waals surface area contributed by atoms with Crippen molar-refractivity contribution in [2.45, 2.75) is 6.42 Å². The van der Waals surface area contributed by atoms with Crippen molar-refractivity contribution in [2.24, 2.45) is 0 Å². The smallest absolute Gasteiger partial charge is 0.338 e. The van der Waals surface area contributed by atoms with E-state index in [4.69, 9.17) is 9.47 Å². The van der Waals surface area contributed by atoms with Crippen LogP contribution in [0.3, 0.4) is 0 Å². The molecule has 1 N–H and O–H groups in total. The van der Waals surface area contributed by atoms with Crippen LogP contribution in [0.25, 0.3) is 0 Å². The number of carbonyl (C=O) groups excluding carboxylic acids is 2. The first-order valence-corrected chi connectivity index (χ1v) is 7.51. The second-order valence-electron chi connectivity index (χ2n) is 5.15. The molecule has 0 radical (unpaired) electrons. The summed E-state index contributed by atoms with van der Waals surface area (Å²) in [4.78, 5) is 23.4. The van der Waals surface area contributed by atoms with E-state index in [0.29, 0.717) is 13.0 Å². The third-order valence-electron chi connectivity index (χ3n) is 3.37. The van der Waals surface area contributed by atoms with E-state index in [-0.39, 0.29) is 17.1 Å². The van der Waals surface area contributed by atoms with Crippen molar-refractivity contribution in [3.8, 4) is 5.75 Å². The molecule has 2 aromatic rings. The summed E-state index contributed by atoms with van der Waals surface area (Å²) in [5, 5.41) is 2.58. The molecule has 0 aliphatic rings. The molecule has 0 atom stereocenters. The topological polar surface area (TPSA) is 64.6 Å². The molecule has 2 aromatic carbocycles. The van der Waals surface area contributed by atoms with Crippen molar-refractivity contribution in [3.05, 3.63) is 65.2 Å². The van der Waals surface area contributed by atoms with Crippen LogP contribution in [0.5, 0.6) is 5.75 Å². The molecule has 0 aliphatic heterocycles. The normalized spacial score (nSPS) is 10.2. The molecule has 25 heavy (non-hydrogen) atoms. The van der Waals surface area contributed by atoms with Crippen molar-refractivity contribution in [1.82, 2.24) is 5.32 Å². The summed E-state index contributed by atoms with van der Waals surface area (Å²) >= 11 is 0. The average Bonchev–Trinajstić information content (AvgIpc) is 2.61. The number of hydrogen-bond acceptors (Lipinski definition) is 4. The molecule has 7 heteroatoms. The number of methoxy groups -OCH3 is 1. The standard InChI is InChI=1S/C18H17F2NO4/c1-24-16-7-4-13(10-15(16)20)18(23)25-11-17(22)21-9-8-12-2-5-14(19)6-3-12/h2-7,10H,8-9,11H2,1H3,(H,21,22). The first-order valence-electron chi connectivity index (χ1n) is 7.51. The van der Waals surface area contributed by atoms with Gasteiger partial charge in [0.25, 0.3) is 5.91 Å². The number of amides is 1.